The Morgan fingerprint density at radius 1 is 1.50 bits per heavy atom. The molecule has 5 heteroatoms. The van der Waals surface area contributed by atoms with E-state index in [4.69, 9.17) is 16.3 Å². The smallest absolute Gasteiger partial charge is 0.255 e. The van der Waals surface area contributed by atoms with E-state index in [-0.39, 0.29) is 5.91 Å². The lowest BCUT2D eigenvalue weighted by atomic mass is 10.1. The van der Waals surface area contributed by atoms with E-state index < -0.39 is 0 Å². The molecule has 1 heterocycles. The van der Waals surface area contributed by atoms with Crippen LogP contribution in [0.4, 0.5) is 0 Å². The normalized spacial score (nSPS) is 13.5. The second-order valence-electron chi connectivity index (χ2n) is 3.47. The van der Waals surface area contributed by atoms with Crippen molar-refractivity contribution in [3.63, 3.8) is 0 Å². The first-order valence-corrected chi connectivity index (χ1v) is 6.35. The largest absolute Gasteiger partial charge is 0.493 e. The maximum absolute atomic E-state index is 11.6. The lowest BCUT2D eigenvalue weighted by Crippen LogP contribution is -2.13. The minimum absolute atomic E-state index is 0.0721. The van der Waals surface area contributed by atoms with Gasteiger partial charge in [-0.05, 0) is 18.6 Å². The molecule has 1 N–H and O–H groups in total. The average Bonchev–Trinajstić information content (AvgIpc) is 2.66. The van der Waals surface area contributed by atoms with E-state index >= 15 is 0 Å². The van der Waals surface area contributed by atoms with Crippen molar-refractivity contribution in [3.8, 4) is 5.75 Å². The minimum atomic E-state index is -0.0721. The molecule has 0 saturated carbocycles. The maximum atomic E-state index is 11.6. The molecule has 0 radical (unpaired) electrons. The van der Waals surface area contributed by atoms with Crippen molar-refractivity contribution in [3.05, 3.63) is 27.7 Å². The van der Waals surface area contributed by atoms with Gasteiger partial charge in [-0.1, -0.05) is 15.9 Å². The Kier molecular flexibility index (Phi) is 3.71. The SMILES string of the molecule is O=C1NCc2c(Br)ccc(OCCCCl)c21. The van der Waals surface area contributed by atoms with Gasteiger partial charge < -0.3 is 10.1 Å². The molecule has 0 atom stereocenters. The summed E-state index contributed by atoms with van der Waals surface area (Å²) in [5.74, 6) is 1.13. The Morgan fingerprint density at radius 2 is 2.31 bits per heavy atom. The zero-order chi connectivity index (χ0) is 11.5. The maximum Gasteiger partial charge on any atom is 0.255 e. The van der Waals surface area contributed by atoms with Crippen LogP contribution in [0.2, 0.25) is 0 Å². The summed E-state index contributed by atoms with van der Waals surface area (Å²) in [5, 5.41) is 2.78. The van der Waals surface area contributed by atoms with E-state index in [9.17, 15) is 4.79 Å². The van der Waals surface area contributed by atoms with Crippen molar-refractivity contribution >= 4 is 33.4 Å². The Labute approximate surface area is 107 Å². The Balaban J connectivity index is 2.26. The number of fused-ring (bicyclic) bond motifs is 1. The van der Waals surface area contributed by atoms with Crippen LogP contribution >= 0.6 is 27.5 Å². The molecule has 1 aliphatic heterocycles. The molecular weight excluding hydrogens is 293 g/mol. The second kappa shape index (κ2) is 5.06. The first-order chi connectivity index (χ1) is 7.74. The summed E-state index contributed by atoms with van der Waals surface area (Å²) in [7, 11) is 0. The highest BCUT2D eigenvalue weighted by Crippen LogP contribution is 2.32. The highest BCUT2D eigenvalue weighted by Gasteiger charge is 2.25. The van der Waals surface area contributed by atoms with Crippen molar-refractivity contribution in [2.45, 2.75) is 13.0 Å². The zero-order valence-electron chi connectivity index (χ0n) is 8.56. The van der Waals surface area contributed by atoms with E-state index in [1.54, 1.807) is 0 Å². The predicted molar refractivity (Wildman–Crippen MR) is 66.1 cm³/mol. The van der Waals surface area contributed by atoms with Gasteiger partial charge >= 0.3 is 0 Å². The van der Waals surface area contributed by atoms with E-state index in [0.29, 0.717) is 30.3 Å². The first kappa shape index (κ1) is 11.7. The fraction of sp³-hybridized carbons (Fsp3) is 0.364. The third-order valence-electron chi connectivity index (χ3n) is 2.41. The molecule has 0 saturated heterocycles. The monoisotopic (exact) mass is 303 g/mol. The van der Waals surface area contributed by atoms with Crippen molar-refractivity contribution in [1.29, 1.82) is 0 Å². The summed E-state index contributed by atoms with van der Waals surface area (Å²) in [6.07, 6.45) is 0.772. The molecule has 0 spiro atoms. The highest BCUT2D eigenvalue weighted by atomic mass is 79.9. The Hall–Kier alpha value is -0.740. The van der Waals surface area contributed by atoms with Crippen LogP contribution in [0.1, 0.15) is 22.3 Å². The molecule has 16 heavy (non-hydrogen) atoms. The van der Waals surface area contributed by atoms with Crippen LogP contribution in [0, 0.1) is 0 Å². The number of nitrogens with one attached hydrogen (secondary N) is 1. The van der Waals surface area contributed by atoms with Gasteiger partial charge in [0.15, 0.2) is 0 Å². The Bertz CT molecular complexity index is 423. The topological polar surface area (TPSA) is 38.3 Å². The van der Waals surface area contributed by atoms with Gasteiger partial charge in [0, 0.05) is 22.5 Å². The van der Waals surface area contributed by atoms with Gasteiger partial charge in [0.05, 0.1) is 12.2 Å². The molecule has 0 bridgehead atoms. The van der Waals surface area contributed by atoms with Crippen LogP contribution in [0.5, 0.6) is 5.75 Å². The number of benzene rings is 1. The number of alkyl halides is 1. The van der Waals surface area contributed by atoms with Crippen LogP contribution in [-0.4, -0.2) is 18.4 Å². The second-order valence-corrected chi connectivity index (χ2v) is 4.71. The van der Waals surface area contributed by atoms with Crippen molar-refractivity contribution < 1.29 is 9.53 Å². The number of amides is 1. The number of hydrogen-bond donors (Lipinski definition) is 1. The lowest BCUT2D eigenvalue weighted by Gasteiger charge is -2.09. The summed E-state index contributed by atoms with van der Waals surface area (Å²) in [6.45, 7) is 1.09. The molecule has 1 aromatic carbocycles. The van der Waals surface area contributed by atoms with Crippen LogP contribution in [0.3, 0.4) is 0 Å². The summed E-state index contributed by atoms with van der Waals surface area (Å²) < 4.78 is 6.48. The van der Waals surface area contributed by atoms with Gasteiger partial charge in [-0.2, -0.15) is 0 Å². The van der Waals surface area contributed by atoms with Crippen LogP contribution < -0.4 is 10.1 Å². The summed E-state index contributed by atoms with van der Waals surface area (Å²) >= 11 is 8.99. The highest BCUT2D eigenvalue weighted by molar-refractivity contribution is 9.10. The Morgan fingerprint density at radius 3 is 3.06 bits per heavy atom. The predicted octanol–water partition coefficient (Wildman–Crippen LogP) is 2.70. The number of carbonyl (C=O) groups is 1. The molecule has 1 aliphatic rings. The number of hydrogen-bond acceptors (Lipinski definition) is 2. The van der Waals surface area contributed by atoms with E-state index in [1.165, 1.54) is 0 Å². The molecule has 3 nitrogen and oxygen atoms in total. The number of rotatable bonds is 4. The van der Waals surface area contributed by atoms with Crippen molar-refractivity contribution in [2.24, 2.45) is 0 Å². The molecule has 0 aliphatic carbocycles. The summed E-state index contributed by atoms with van der Waals surface area (Å²) in [5.41, 5.74) is 1.61. The molecule has 1 amide bonds. The van der Waals surface area contributed by atoms with Gasteiger partial charge in [0.1, 0.15) is 5.75 Å². The van der Waals surface area contributed by atoms with Gasteiger partial charge in [0.2, 0.25) is 0 Å². The van der Waals surface area contributed by atoms with Crippen LogP contribution in [0.25, 0.3) is 0 Å². The van der Waals surface area contributed by atoms with Crippen molar-refractivity contribution in [1.82, 2.24) is 5.32 Å². The van der Waals surface area contributed by atoms with Gasteiger partial charge in [0.25, 0.3) is 5.91 Å². The average molecular weight is 305 g/mol. The van der Waals surface area contributed by atoms with Crippen molar-refractivity contribution in [2.75, 3.05) is 12.5 Å². The summed E-state index contributed by atoms with van der Waals surface area (Å²) in [6, 6.07) is 3.71. The zero-order valence-corrected chi connectivity index (χ0v) is 10.9. The molecule has 0 unspecified atom stereocenters. The van der Waals surface area contributed by atoms with E-state index in [1.807, 2.05) is 12.1 Å². The minimum Gasteiger partial charge on any atom is -0.493 e. The standard InChI is InChI=1S/C11H11BrClNO2/c12-8-2-3-9(16-5-1-4-13)10-7(8)6-14-11(10)15/h2-3H,1,4-6H2,(H,14,15). The number of ether oxygens (including phenoxy) is 1. The molecule has 86 valence electrons. The van der Waals surface area contributed by atoms with Crippen LogP contribution in [0.15, 0.2) is 16.6 Å². The van der Waals surface area contributed by atoms with Gasteiger partial charge in [-0.25, -0.2) is 0 Å². The quantitative estimate of drug-likeness (QED) is 0.686. The molecule has 0 fully saturated rings. The van der Waals surface area contributed by atoms with Gasteiger partial charge in [-0.15, -0.1) is 11.6 Å². The van der Waals surface area contributed by atoms with Gasteiger partial charge in [-0.3, -0.25) is 4.79 Å². The summed E-state index contributed by atoms with van der Waals surface area (Å²) in [4.78, 5) is 11.6. The lowest BCUT2D eigenvalue weighted by molar-refractivity contribution is 0.0962. The molecule has 0 aromatic heterocycles. The number of carbonyl (C=O) groups excluding carboxylic acids is 1. The number of halogens is 2. The molecular formula is C11H11BrClNO2. The fourth-order valence-electron chi connectivity index (χ4n) is 1.64. The van der Waals surface area contributed by atoms with E-state index in [0.717, 1.165) is 16.5 Å². The molecule has 1 aromatic rings. The van der Waals surface area contributed by atoms with Crippen LogP contribution in [-0.2, 0) is 6.54 Å². The molecule has 2 rings (SSSR count). The van der Waals surface area contributed by atoms with E-state index in [2.05, 4.69) is 21.2 Å². The fourth-order valence-corrected chi connectivity index (χ4v) is 2.22. The third kappa shape index (κ3) is 2.18. The first-order valence-electron chi connectivity index (χ1n) is 5.02. The third-order valence-corrected chi connectivity index (χ3v) is 3.42.